The minimum absolute atomic E-state index is 0.224. The van der Waals surface area contributed by atoms with E-state index in [2.05, 4.69) is 36.6 Å². The molecule has 0 aromatic carbocycles. The molecule has 2 aliphatic rings. The Morgan fingerprint density at radius 2 is 2.04 bits per heavy atom. The molecule has 2 aliphatic heterocycles. The van der Waals surface area contributed by atoms with E-state index in [9.17, 15) is 4.79 Å². The van der Waals surface area contributed by atoms with Crippen LogP contribution in [0, 0.1) is 12.3 Å². The minimum atomic E-state index is -0.370. The van der Waals surface area contributed by atoms with Gasteiger partial charge in [-0.3, -0.25) is 4.79 Å². The molecule has 0 atom stereocenters. The summed E-state index contributed by atoms with van der Waals surface area (Å²) in [5.41, 5.74) is -0.0411. The molecule has 0 bridgehead atoms. The summed E-state index contributed by atoms with van der Waals surface area (Å²) in [6, 6.07) is 3.57. The van der Waals surface area contributed by atoms with Crippen molar-refractivity contribution in [3.63, 3.8) is 0 Å². The van der Waals surface area contributed by atoms with E-state index in [0.717, 1.165) is 25.3 Å². The molecule has 23 heavy (non-hydrogen) atoms. The molecule has 120 valence electrons. The summed E-state index contributed by atoms with van der Waals surface area (Å²) in [5, 5.41) is 19.1. The first-order valence-corrected chi connectivity index (χ1v) is 7.97. The van der Waals surface area contributed by atoms with Gasteiger partial charge in [0.1, 0.15) is 0 Å². The van der Waals surface area contributed by atoms with Crippen LogP contribution in [0.2, 0.25) is 0 Å². The molecule has 7 nitrogen and oxygen atoms in total. The van der Waals surface area contributed by atoms with Gasteiger partial charge in [0.15, 0.2) is 17.2 Å². The lowest BCUT2D eigenvalue weighted by atomic mass is 10.0. The van der Waals surface area contributed by atoms with Gasteiger partial charge >= 0.3 is 0 Å². The fraction of sp³-hybridized carbons (Fsp3) is 0.562. The van der Waals surface area contributed by atoms with Crippen molar-refractivity contribution in [2.45, 2.75) is 37.8 Å². The molecule has 1 N–H and O–H groups in total. The van der Waals surface area contributed by atoms with Crippen molar-refractivity contribution in [3.05, 3.63) is 17.8 Å². The van der Waals surface area contributed by atoms with Gasteiger partial charge in [0, 0.05) is 38.9 Å². The van der Waals surface area contributed by atoms with E-state index in [1.165, 1.54) is 12.8 Å². The van der Waals surface area contributed by atoms with Crippen LogP contribution in [0.5, 0.6) is 0 Å². The second-order valence-electron chi connectivity index (χ2n) is 5.86. The lowest BCUT2D eigenvalue weighted by molar-refractivity contribution is 0.0946. The Balaban J connectivity index is 1.46. The van der Waals surface area contributed by atoms with Crippen LogP contribution in [0.15, 0.2) is 22.4 Å². The highest BCUT2D eigenvalue weighted by molar-refractivity contribution is 5.92. The second-order valence-corrected chi connectivity index (χ2v) is 5.86. The zero-order valence-electron chi connectivity index (χ0n) is 13.0. The molecule has 0 radical (unpaired) electrons. The Morgan fingerprint density at radius 3 is 2.65 bits per heavy atom. The number of terminal acetylenes is 1. The molecule has 0 aliphatic carbocycles. The van der Waals surface area contributed by atoms with E-state index in [4.69, 9.17) is 6.42 Å². The highest BCUT2D eigenvalue weighted by Crippen LogP contribution is 2.36. The first-order chi connectivity index (χ1) is 11.2. The molecule has 1 aromatic rings. The van der Waals surface area contributed by atoms with Crippen LogP contribution < -0.4 is 10.2 Å². The smallest absolute Gasteiger partial charge is 0.271 e. The predicted octanol–water partition coefficient (Wildman–Crippen LogP) is 1.77. The molecule has 1 amide bonds. The van der Waals surface area contributed by atoms with E-state index in [0.29, 0.717) is 25.1 Å². The minimum Gasteiger partial charge on any atom is -0.355 e. The number of aromatic nitrogens is 2. The fourth-order valence-electron chi connectivity index (χ4n) is 2.70. The van der Waals surface area contributed by atoms with Crippen molar-refractivity contribution >= 4 is 11.7 Å². The maximum atomic E-state index is 12.1. The first kappa shape index (κ1) is 15.4. The van der Waals surface area contributed by atoms with Crippen LogP contribution in [0.3, 0.4) is 0 Å². The zero-order chi connectivity index (χ0) is 16.1. The molecule has 1 saturated heterocycles. The van der Waals surface area contributed by atoms with Crippen molar-refractivity contribution in [3.8, 4) is 12.3 Å². The van der Waals surface area contributed by atoms with Crippen LogP contribution >= 0.6 is 0 Å². The fourth-order valence-corrected chi connectivity index (χ4v) is 2.70. The summed E-state index contributed by atoms with van der Waals surface area (Å²) in [7, 11) is 0. The summed E-state index contributed by atoms with van der Waals surface area (Å²) in [5.74, 6) is 3.20. The number of hydrogen-bond acceptors (Lipinski definition) is 6. The third-order valence-corrected chi connectivity index (χ3v) is 4.18. The maximum Gasteiger partial charge on any atom is 0.271 e. The topological polar surface area (TPSA) is 82.8 Å². The quantitative estimate of drug-likeness (QED) is 0.778. The Kier molecular flexibility index (Phi) is 4.51. The van der Waals surface area contributed by atoms with Gasteiger partial charge in [-0.25, -0.2) is 0 Å². The summed E-state index contributed by atoms with van der Waals surface area (Å²) in [4.78, 5) is 14.3. The van der Waals surface area contributed by atoms with E-state index >= 15 is 0 Å². The Hall–Kier alpha value is -2.49. The third kappa shape index (κ3) is 3.83. The van der Waals surface area contributed by atoms with Gasteiger partial charge in [0.25, 0.3) is 5.91 Å². The van der Waals surface area contributed by atoms with Gasteiger partial charge in [-0.15, -0.1) is 22.5 Å². The Morgan fingerprint density at radius 1 is 1.26 bits per heavy atom. The SMILES string of the molecule is C#CCCC1(CCNC(=O)c2ccc(N3CCCC3)nn2)N=N1. The monoisotopic (exact) mass is 312 g/mol. The number of nitrogens with one attached hydrogen (secondary N) is 1. The van der Waals surface area contributed by atoms with E-state index < -0.39 is 0 Å². The van der Waals surface area contributed by atoms with Gasteiger partial charge in [-0.05, 0) is 25.0 Å². The van der Waals surface area contributed by atoms with Crippen LogP contribution in [0.25, 0.3) is 0 Å². The molecule has 1 fully saturated rings. The van der Waals surface area contributed by atoms with Crippen molar-refractivity contribution in [1.29, 1.82) is 0 Å². The first-order valence-electron chi connectivity index (χ1n) is 7.97. The van der Waals surface area contributed by atoms with Crippen LogP contribution in [0.1, 0.15) is 42.6 Å². The largest absolute Gasteiger partial charge is 0.355 e. The molecular weight excluding hydrogens is 292 g/mol. The number of carbonyl (C=O) groups is 1. The van der Waals surface area contributed by atoms with Crippen molar-refractivity contribution in [1.82, 2.24) is 15.5 Å². The Bertz CT molecular complexity index is 621. The predicted molar refractivity (Wildman–Crippen MR) is 86.1 cm³/mol. The highest BCUT2D eigenvalue weighted by Gasteiger charge is 2.38. The zero-order valence-corrected chi connectivity index (χ0v) is 13.0. The molecular formula is C16H20N6O. The normalized spacial score (nSPS) is 17.8. The molecule has 0 unspecified atom stereocenters. The number of carbonyl (C=O) groups excluding carboxylic acids is 1. The summed E-state index contributed by atoms with van der Waals surface area (Å²) < 4.78 is 0. The van der Waals surface area contributed by atoms with Gasteiger partial charge in [0.05, 0.1) is 0 Å². The molecule has 0 saturated carbocycles. The lowest BCUT2D eigenvalue weighted by Crippen LogP contribution is -2.29. The number of rotatable bonds is 7. The highest BCUT2D eigenvalue weighted by atomic mass is 16.1. The Labute approximate surface area is 135 Å². The molecule has 0 spiro atoms. The van der Waals surface area contributed by atoms with Gasteiger partial charge in [0.2, 0.25) is 0 Å². The van der Waals surface area contributed by atoms with Crippen LogP contribution in [0.4, 0.5) is 5.82 Å². The number of amides is 1. The van der Waals surface area contributed by atoms with E-state index in [-0.39, 0.29) is 11.6 Å². The second kappa shape index (κ2) is 6.73. The van der Waals surface area contributed by atoms with Crippen molar-refractivity contribution in [2.24, 2.45) is 10.2 Å². The number of nitrogens with zero attached hydrogens (tertiary/aromatic N) is 5. The van der Waals surface area contributed by atoms with Crippen LogP contribution in [-0.2, 0) is 0 Å². The average molecular weight is 312 g/mol. The maximum absolute atomic E-state index is 12.1. The average Bonchev–Trinajstić information content (AvgIpc) is 3.13. The van der Waals surface area contributed by atoms with Gasteiger partial charge in [-0.1, -0.05) is 0 Å². The number of anilines is 1. The van der Waals surface area contributed by atoms with E-state index in [1.54, 1.807) is 6.07 Å². The third-order valence-electron chi connectivity index (χ3n) is 4.18. The van der Waals surface area contributed by atoms with Gasteiger partial charge in [-0.2, -0.15) is 10.2 Å². The van der Waals surface area contributed by atoms with E-state index in [1.807, 2.05) is 6.07 Å². The summed E-state index contributed by atoms with van der Waals surface area (Å²) >= 11 is 0. The molecule has 3 rings (SSSR count). The molecule has 1 aromatic heterocycles. The van der Waals surface area contributed by atoms with Crippen molar-refractivity contribution in [2.75, 3.05) is 24.5 Å². The van der Waals surface area contributed by atoms with Crippen LogP contribution in [-0.4, -0.2) is 41.4 Å². The van der Waals surface area contributed by atoms with Crippen molar-refractivity contribution < 1.29 is 4.79 Å². The van der Waals surface area contributed by atoms with Gasteiger partial charge < -0.3 is 10.2 Å². The molecule has 7 heteroatoms. The lowest BCUT2D eigenvalue weighted by Gasteiger charge is -2.15. The number of hydrogen-bond donors (Lipinski definition) is 1. The summed E-state index contributed by atoms with van der Waals surface area (Å²) in [6.07, 6.45) is 9.67. The standard InChI is InChI=1S/C16H20N6O/c1-2-3-8-16(20-21-16)9-10-17-15(23)13-6-7-14(19-18-13)22-11-4-5-12-22/h1,6-7H,3-5,8-12H2,(H,17,23). The summed E-state index contributed by atoms with van der Waals surface area (Å²) in [6.45, 7) is 2.51. The molecule has 3 heterocycles.